The van der Waals surface area contributed by atoms with E-state index in [2.05, 4.69) is 16.0 Å². The van der Waals surface area contributed by atoms with E-state index in [0.29, 0.717) is 16.9 Å². The molecule has 0 spiro atoms. The zero-order valence-electron chi connectivity index (χ0n) is 13.7. The van der Waals surface area contributed by atoms with Crippen LogP contribution in [0.25, 0.3) is 5.69 Å². The Morgan fingerprint density at radius 3 is 2.12 bits per heavy atom. The second kappa shape index (κ2) is 7.35. The van der Waals surface area contributed by atoms with Crippen molar-refractivity contribution in [3.8, 4) is 5.69 Å². The van der Waals surface area contributed by atoms with Gasteiger partial charge in [0.15, 0.2) is 0 Å². The fourth-order valence-corrected chi connectivity index (χ4v) is 2.36. The Morgan fingerprint density at radius 1 is 0.840 bits per heavy atom. The van der Waals surface area contributed by atoms with Gasteiger partial charge in [0, 0.05) is 42.1 Å². The number of urea groups is 1. The first-order chi connectivity index (χ1) is 12.2. The van der Waals surface area contributed by atoms with Crippen LogP contribution in [0.5, 0.6) is 0 Å². The number of anilines is 2. The highest BCUT2D eigenvalue weighted by molar-refractivity contribution is 6.04. The first-order valence-electron chi connectivity index (χ1n) is 7.79. The number of benzene rings is 2. The molecule has 3 amide bonds. The highest BCUT2D eigenvalue weighted by atomic mass is 16.2. The number of hydrogen-bond acceptors (Lipinski definition) is 2. The van der Waals surface area contributed by atoms with Gasteiger partial charge in [-0.1, -0.05) is 6.07 Å². The lowest BCUT2D eigenvalue weighted by Crippen LogP contribution is -2.24. The molecule has 126 valence electrons. The summed E-state index contributed by atoms with van der Waals surface area (Å²) in [5.74, 6) is -0.212. The fourth-order valence-electron chi connectivity index (χ4n) is 2.36. The Morgan fingerprint density at radius 2 is 1.48 bits per heavy atom. The van der Waals surface area contributed by atoms with Crippen molar-refractivity contribution >= 4 is 23.3 Å². The second-order valence-electron chi connectivity index (χ2n) is 5.38. The van der Waals surface area contributed by atoms with Crippen molar-refractivity contribution in [1.29, 1.82) is 0 Å². The second-order valence-corrected chi connectivity index (χ2v) is 5.38. The minimum absolute atomic E-state index is 0.212. The Labute approximate surface area is 145 Å². The van der Waals surface area contributed by atoms with Crippen LogP contribution in [-0.4, -0.2) is 23.6 Å². The summed E-state index contributed by atoms with van der Waals surface area (Å²) < 4.78 is 1.97. The van der Waals surface area contributed by atoms with Crippen LogP contribution in [0.2, 0.25) is 0 Å². The Hall–Kier alpha value is -3.54. The van der Waals surface area contributed by atoms with Gasteiger partial charge >= 0.3 is 6.03 Å². The minimum Gasteiger partial charge on any atom is -0.341 e. The summed E-state index contributed by atoms with van der Waals surface area (Å²) in [4.78, 5) is 23.7. The number of aromatic nitrogens is 1. The summed E-state index contributed by atoms with van der Waals surface area (Å²) in [5.41, 5.74) is 2.74. The largest absolute Gasteiger partial charge is 0.341 e. The molecule has 3 aromatic rings. The van der Waals surface area contributed by atoms with Gasteiger partial charge in [0.2, 0.25) is 0 Å². The molecule has 25 heavy (non-hydrogen) atoms. The molecule has 0 unspecified atom stereocenters. The molecule has 3 N–H and O–H groups in total. The molecular formula is C19H18N4O2. The molecule has 0 aliphatic heterocycles. The van der Waals surface area contributed by atoms with Gasteiger partial charge in [-0.15, -0.1) is 0 Å². The molecule has 0 aliphatic rings. The summed E-state index contributed by atoms with van der Waals surface area (Å²) >= 11 is 0. The van der Waals surface area contributed by atoms with Gasteiger partial charge in [0.1, 0.15) is 0 Å². The molecule has 0 radical (unpaired) electrons. The third-order valence-electron chi connectivity index (χ3n) is 3.64. The van der Waals surface area contributed by atoms with Crippen molar-refractivity contribution in [3.05, 3.63) is 78.6 Å². The Bertz CT molecular complexity index is 871. The van der Waals surface area contributed by atoms with Crippen molar-refractivity contribution in [2.75, 3.05) is 17.7 Å². The van der Waals surface area contributed by atoms with Crippen LogP contribution in [0.4, 0.5) is 16.2 Å². The van der Waals surface area contributed by atoms with E-state index >= 15 is 0 Å². The topological polar surface area (TPSA) is 75.2 Å². The molecule has 0 aliphatic carbocycles. The fraction of sp³-hybridized carbons (Fsp3) is 0.0526. The van der Waals surface area contributed by atoms with E-state index in [1.807, 2.05) is 41.2 Å². The number of amides is 3. The maximum Gasteiger partial charge on any atom is 0.318 e. The third-order valence-corrected chi connectivity index (χ3v) is 3.64. The quantitative estimate of drug-likeness (QED) is 0.683. The van der Waals surface area contributed by atoms with Gasteiger partial charge in [0.25, 0.3) is 5.91 Å². The van der Waals surface area contributed by atoms with Gasteiger partial charge in [-0.25, -0.2) is 4.79 Å². The Kier molecular flexibility index (Phi) is 4.80. The van der Waals surface area contributed by atoms with Crippen LogP contribution in [0.15, 0.2) is 73.1 Å². The molecule has 1 heterocycles. The zero-order chi connectivity index (χ0) is 17.6. The van der Waals surface area contributed by atoms with E-state index in [4.69, 9.17) is 0 Å². The smallest absolute Gasteiger partial charge is 0.318 e. The van der Waals surface area contributed by atoms with E-state index in [1.54, 1.807) is 43.4 Å². The highest BCUT2D eigenvalue weighted by Gasteiger charge is 2.07. The first-order valence-corrected chi connectivity index (χ1v) is 7.79. The average Bonchev–Trinajstić information content (AvgIpc) is 3.16. The summed E-state index contributed by atoms with van der Waals surface area (Å²) in [7, 11) is 1.54. The standard InChI is InChI=1S/C19H18N4O2/c1-20-19(25)22-16-6-4-5-15(13-16)21-18(24)14-7-9-17(10-8-14)23-11-2-3-12-23/h2-13H,1H3,(H,21,24)(H2,20,22,25). The van der Waals surface area contributed by atoms with Gasteiger partial charge < -0.3 is 20.5 Å². The van der Waals surface area contributed by atoms with Gasteiger partial charge in [-0.2, -0.15) is 0 Å². The highest BCUT2D eigenvalue weighted by Crippen LogP contribution is 2.17. The van der Waals surface area contributed by atoms with Crippen LogP contribution in [0.3, 0.4) is 0 Å². The van der Waals surface area contributed by atoms with Crippen molar-refractivity contribution < 1.29 is 9.59 Å². The molecule has 1 aromatic heterocycles. The SMILES string of the molecule is CNC(=O)Nc1cccc(NC(=O)c2ccc(-n3cccc3)cc2)c1. The maximum atomic E-state index is 12.4. The molecule has 0 fully saturated rings. The normalized spacial score (nSPS) is 10.1. The molecule has 0 saturated heterocycles. The molecule has 6 heteroatoms. The summed E-state index contributed by atoms with van der Waals surface area (Å²) in [5, 5.41) is 7.97. The number of hydrogen-bond donors (Lipinski definition) is 3. The predicted molar refractivity (Wildman–Crippen MR) is 98.2 cm³/mol. The molecule has 0 saturated carbocycles. The van der Waals surface area contributed by atoms with E-state index in [9.17, 15) is 9.59 Å². The van der Waals surface area contributed by atoms with Crippen LogP contribution < -0.4 is 16.0 Å². The van der Waals surface area contributed by atoms with Crippen molar-refractivity contribution in [1.82, 2.24) is 9.88 Å². The Balaban J connectivity index is 1.70. The lowest BCUT2D eigenvalue weighted by Gasteiger charge is -2.09. The van der Waals surface area contributed by atoms with Gasteiger partial charge in [-0.05, 0) is 54.6 Å². The monoisotopic (exact) mass is 334 g/mol. The number of nitrogens with zero attached hydrogens (tertiary/aromatic N) is 1. The number of carbonyl (C=O) groups excluding carboxylic acids is 2. The zero-order valence-corrected chi connectivity index (χ0v) is 13.7. The third kappa shape index (κ3) is 4.06. The van der Waals surface area contributed by atoms with Crippen LogP contribution >= 0.6 is 0 Å². The predicted octanol–water partition coefficient (Wildman–Crippen LogP) is 3.48. The van der Waals surface area contributed by atoms with Crippen LogP contribution in [0.1, 0.15) is 10.4 Å². The summed E-state index contributed by atoms with van der Waals surface area (Å²) in [6.07, 6.45) is 3.89. The molecule has 2 aromatic carbocycles. The molecule has 0 bridgehead atoms. The van der Waals surface area contributed by atoms with Gasteiger partial charge in [-0.3, -0.25) is 4.79 Å². The van der Waals surface area contributed by atoms with E-state index in [-0.39, 0.29) is 11.9 Å². The molecule has 3 rings (SSSR count). The molecule has 0 atom stereocenters. The number of rotatable bonds is 4. The van der Waals surface area contributed by atoms with E-state index < -0.39 is 0 Å². The molecule has 6 nitrogen and oxygen atoms in total. The maximum absolute atomic E-state index is 12.4. The average molecular weight is 334 g/mol. The molecular weight excluding hydrogens is 316 g/mol. The lowest BCUT2D eigenvalue weighted by molar-refractivity contribution is 0.102. The minimum atomic E-state index is -0.316. The van der Waals surface area contributed by atoms with E-state index in [1.165, 1.54) is 0 Å². The van der Waals surface area contributed by atoms with Crippen molar-refractivity contribution in [3.63, 3.8) is 0 Å². The van der Waals surface area contributed by atoms with Gasteiger partial charge in [0.05, 0.1) is 0 Å². The summed E-state index contributed by atoms with van der Waals surface area (Å²) in [6, 6.07) is 17.9. The number of carbonyl (C=O) groups is 2. The number of nitrogens with one attached hydrogen (secondary N) is 3. The lowest BCUT2D eigenvalue weighted by atomic mass is 10.2. The van der Waals surface area contributed by atoms with Crippen molar-refractivity contribution in [2.45, 2.75) is 0 Å². The van der Waals surface area contributed by atoms with E-state index in [0.717, 1.165) is 5.69 Å². The van der Waals surface area contributed by atoms with Crippen LogP contribution in [0, 0.1) is 0 Å². The summed E-state index contributed by atoms with van der Waals surface area (Å²) in [6.45, 7) is 0. The van der Waals surface area contributed by atoms with Crippen molar-refractivity contribution in [2.24, 2.45) is 0 Å². The first kappa shape index (κ1) is 16.3. The van der Waals surface area contributed by atoms with Crippen LogP contribution in [-0.2, 0) is 0 Å².